The first-order chi connectivity index (χ1) is 11.0. The van der Waals surface area contributed by atoms with E-state index in [4.69, 9.17) is 4.74 Å². The number of ether oxygens (including phenoxy) is 1. The Morgan fingerprint density at radius 2 is 2.12 bits per heavy atom. The maximum Gasteiger partial charge on any atom is 0.191 e. The second-order valence-corrected chi connectivity index (χ2v) is 5.72. The van der Waals surface area contributed by atoms with Gasteiger partial charge in [-0.25, -0.2) is 9.67 Å². The molecule has 0 atom stereocenters. The number of hydrogen-bond donors (Lipinski definition) is 2. The summed E-state index contributed by atoms with van der Waals surface area (Å²) in [5.41, 5.74) is 0.848. The van der Waals surface area contributed by atoms with Crippen LogP contribution in [0, 0.1) is 0 Å². The molecule has 24 heavy (non-hydrogen) atoms. The van der Waals surface area contributed by atoms with Crippen LogP contribution in [0.3, 0.4) is 0 Å². The number of halogens is 1. The quantitative estimate of drug-likeness (QED) is 0.405. The van der Waals surface area contributed by atoms with Crippen molar-refractivity contribution in [1.29, 1.82) is 0 Å². The summed E-state index contributed by atoms with van der Waals surface area (Å²) >= 11 is 0. The third kappa shape index (κ3) is 6.08. The molecule has 0 fully saturated rings. The number of nitrogens with zero attached hydrogens (tertiary/aromatic N) is 4. The third-order valence-electron chi connectivity index (χ3n) is 3.47. The zero-order chi connectivity index (χ0) is 16.7. The van der Waals surface area contributed by atoms with Gasteiger partial charge in [0.2, 0.25) is 0 Å². The van der Waals surface area contributed by atoms with Crippen LogP contribution in [0.5, 0.6) is 0 Å². The van der Waals surface area contributed by atoms with Crippen molar-refractivity contribution < 1.29 is 4.74 Å². The maximum absolute atomic E-state index is 5.39. The highest BCUT2D eigenvalue weighted by Gasteiger charge is 2.16. The molecule has 0 radical (unpaired) electrons. The van der Waals surface area contributed by atoms with Gasteiger partial charge in [0.25, 0.3) is 0 Å². The summed E-state index contributed by atoms with van der Waals surface area (Å²) in [6.07, 6.45) is 5.38. The standard InChI is InChI=1S/C16H24N6O.HI/c1-16(2,23-4)12-20-15(17-3)19-11-13-6-8-18-14(10-13)22-9-5-7-21-22;/h5-10H,11-12H2,1-4H3,(H2,17,19,20);1H. The van der Waals surface area contributed by atoms with Gasteiger partial charge < -0.3 is 15.4 Å². The lowest BCUT2D eigenvalue weighted by Crippen LogP contribution is -2.45. The lowest BCUT2D eigenvalue weighted by molar-refractivity contribution is 0.0268. The van der Waals surface area contributed by atoms with Crippen molar-refractivity contribution in [2.75, 3.05) is 20.7 Å². The molecule has 7 nitrogen and oxygen atoms in total. The zero-order valence-electron chi connectivity index (χ0n) is 14.5. The molecule has 0 saturated heterocycles. The summed E-state index contributed by atoms with van der Waals surface area (Å²) in [5, 5.41) is 10.7. The minimum absolute atomic E-state index is 0. The van der Waals surface area contributed by atoms with Crippen LogP contribution in [0.1, 0.15) is 19.4 Å². The molecule has 0 bridgehead atoms. The lowest BCUT2D eigenvalue weighted by atomic mass is 10.1. The predicted molar refractivity (Wildman–Crippen MR) is 106 cm³/mol. The molecule has 0 aromatic carbocycles. The fourth-order valence-electron chi connectivity index (χ4n) is 1.88. The van der Waals surface area contributed by atoms with Crippen molar-refractivity contribution >= 4 is 29.9 Å². The van der Waals surface area contributed by atoms with Crippen LogP contribution in [0.15, 0.2) is 41.8 Å². The number of hydrogen-bond acceptors (Lipinski definition) is 4. The van der Waals surface area contributed by atoms with Gasteiger partial charge in [0, 0.05) is 45.8 Å². The van der Waals surface area contributed by atoms with Crippen molar-refractivity contribution in [3.8, 4) is 5.82 Å². The summed E-state index contributed by atoms with van der Waals surface area (Å²) in [4.78, 5) is 8.54. The van der Waals surface area contributed by atoms with E-state index in [1.54, 1.807) is 31.2 Å². The van der Waals surface area contributed by atoms with Gasteiger partial charge in [0.1, 0.15) is 0 Å². The summed E-state index contributed by atoms with van der Waals surface area (Å²) in [6, 6.07) is 5.83. The highest BCUT2D eigenvalue weighted by molar-refractivity contribution is 14.0. The fraction of sp³-hybridized carbons (Fsp3) is 0.438. The van der Waals surface area contributed by atoms with Crippen LogP contribution in [0.4, 0.5) is 0 Å². The normalized spacial score (nSPS) is 11.8. The van der Waals surface area contributed by atoms with Crippen LogP contribution < -0.4 is 10.6 Å². The van der Waals surface area contributed by atoms with Crippen LogP contribution in [-0.4, -0.2) is 47.0 Å². The number of methoxy groups -OCH3 is 1. The highest BCUT2D eigenvalue weighted by Crippen LogP contribution is 2.06. The van der Waals surface area contributed by atoms with E-state index in [9.17, 15) is 0 Å². The molecule has 2 aromatic rings. The predicted octanol–water partition coefficient (Wildman–Crippen LogP) is 1.98. The maximum atomic E-state index is 5.39. The Morgan fingerprint density at radius 3 is 2.75 bits per heavy atom. The van der Waals surface area contributed by atoms with E-state index in [2.05, 4.69) is 25.7 Å². The van der Waals surface area contributed by atoms with Gasteiger partial charge in [-0.05, 0) is 37.6 Å². The molecule has 2 aromatic heterocycles. The molecule has 0 unspecified atom stereocenters. The minimum atomic E-state index is -0.248. The number of nitrogens with one attached hydrogen (secondary N) is 2. The topological polar surface area (TPSA) is 76.4 Å². The van der Waals surface area contributed by atoms with Gasteiger partial charge in [-0.1, -0.05) is 0 Å². The Morgan fingerprint density at radius 1 is 1.33 bits per heavy atom. The second kappa shape index (κ2) is 9.58. The van der Waals surface area contributed by atoms with Gasteiger partial charge in [-0.2, -0.15) is 5.10 Å². The molecule has 0 amide bonds. The lowest BCUT2D eigenvalue weighted by Gasteiger charge is -2.24. The molecule has 8 heteroatoms. The first-order valence-corrected chi connectivity index (χ1v) is 7.49. The van der Waals surface area contributed by atoms with Crippen LogP contribution in [0.25, 0.3) is 5.82 Å². The molecular weight excluding hydrogens is 419 g/mol. The summed E-state index contributed by atoms with van der Waals surface area (Å²) in [7, 11) is 3.45. The molecular formula is C16H25IN6O. The number of aliphatic imine (C=N–C) groups is 1. The van der Waals surface area contributed by atoms with Crippen molar-refractivity contribution in [3.63, 3.8) is 0 Å². The fourth-order valence-corrected chi connectivity index (χ4v) is 1.88. The summed E-state index contributed by atoms with van der Waals surface area (Å²) in [6.45, 7) is 5.35. The van der Waals surface area contributed by atoms with Crippen molar-refractivity contribution in [2.24, 2.45) is 4.99 Å². The smallest absolute Gasteiger partial charge is 0.191 e. The van der Waals surface area contributed by atoms with Crippen molar-refractivity contribution in [1.82, 2.24) is 25.4 Å². The molecule has 0 aliphatic heterocycles. The van der Waals surface area contributed by atoms with E-state index in [1.807, 2.05) is 38.2 Å². The summed E-state index contributed by atoms with van der Waals surface area (Å²) < 4.78 is 7.12. The van der Waals surface area contributed by atoms with Gasteiger partial charge in [0.15, 0.2) is 11.8 Å². The Labute approximate surface area is 159 Å². The first-order valence-electron chi connectivity index (χ1n) is 7.49. The largest absolute Gasteiger partial charge is 0.377 e. The van der Waals surface area contributed by atoms with E-state index >= 15 is 0 Å². The monoisotopic (exact) mass is 444 g/mol. The Balaban J connectivity index is 0.00000288. The number of pyridine rings is 1. The van der Waals surface area contributed by atoms with Crippen molar-refractivity contribution in [3.05, 3.63) is 42.4 Å². The van der Waals surface area contributed by atoms with E-state index in [1.165, 1.54) is 0 Å². The van der Waals surface area contributed by atoms with Gasteiger partial charge in [0.05, 0.1) is 5.60 Å². The zero-order valence-corrected chi connectivity index (χ0v) is 16.8. The molecule has 0 aliphatic carbocycles. The molecule has 2 N–H and O–H groups in total. The number of aromatic nitrogens is 3. The Bertz CT molecular complexity index is 642. The molecule has 0 spiro atoms. The van der Waals surface area contributed by atoms with Gasteiger partial charge in [-0.15, -0.1) is 24.0 Å². The van der Waals surface area contributed by atoms with E-state index in [-0.39, 0.29) is 29.6 Å². The van der Waals surface area contributed by atoms with Crippen LogP contribution >= 0.6 is 24.0 Å². The van der Waals surface area contributed by atoms with Crippen molar-refractivity contribution in [2.45, 2.75) is 26.0 Å². The summed E-state index contributed by atoms with van der Waals surface area (Å²) in [5.74, 6) is 1.52. The Kier molecular flexibility index (Phi) is 8.13. The first kappa shape index (κ1) is 20.4. The SMILES string of the molecule is CN=C(NCc1ccnc(-n2cccn2)c1)NCC(C)(C)OC.I. The Hall–Kier alpha value is -1.68. The molecule has 0 saturated carbocycles. The third-order valence-corrected chi connectivity index (χ3v) is 3.47. The van der Waals surface area contributed by atoms with Crippen LogP contribution in [-0.2, 0) is 11.3 Å². The minimum Gasteiger partial charge on any atom is -0.377 e. The molecule has 132 valence electrons. The van der Waals surface area contributed by atoms with Gasteiger partial charge in [-0.3, -0.25) is 4.99 Å². The number of guanidine groups is 1. The average molecular weight is 444 g/mol. The molecule has 0 aliphatic rings. The van der Waals surface area contributed by atoms with E-state index in [0.29, 0.717) is 13.1 Å². The average Bonchev–Trinajstić information content (AvgIpc) is 3.10. The van der Waals surface area contributed by atoms with E-state index < -0.39 is 0 Å². The van der Waals surface area contributed by atoms with Gasteiger partial charge >= 0.3 is 0 Å². The van der Waals surface area contributed by atoms with Crippen LogP contribution in [0.2, 0.25) is 0 Å². The second-order valence-electron chi connectivity index (χ2n) is 5.72. The highest BCUT2D eigenvalue weighted by atomic mass is 127. The molecule has 2 rings (SSSR count). The van der Waals surface area contributed by atoms with E-state index in [0.717, 1.165) is 17.3 Å². The number of rotatable bonds is 6. The molecule has 2 heterocycles.